The number of rotatable bonds is 5. The van der Waals surface area contributed by atoms with E-state index in [0.29, 0.717) is 6.42 Å². The first kappa shape index (κ1) is 21.2. The van der Waals surface area contributed by atoms with Gasteiger partial charge in [-0.15, -0.1) is 0 Å². The molecule has 1 heterocycles. The number of ether oxygens (including phenoxy) is 3. The monoisotopic (exact) mass is 422 g/mol. The van der Waals surface area contributed by atoms with E-state index in [1.54, 1.807) is 21.3 Å². The average molecular weight is 423 g/mol. The Morgan fingerprint density at radius 1 is 1.06 bits per heavy atom. The number of para-hydroxylation sites is 1. The van der Waals surface area contributed by atoms with Gasteiger partial charge in [0, 0.05) is 30.6 Å². The number of anilines is 1. The summed E-state index contributed by atoms with van der Waals surface area (Å²) in [4.78, 5) is 16.6. The van der Waals surface area contributed by atoms with Crippen molar-refractivity contribution in [2.75, 3.05) is 39.8 Å². The molecule has 1 fully saturated rings. The standard InChI is InChI=1S/C25H30N2O4/c1-26-15-14-25(18-10-11-21(29-3)22(16-18)30-4)13-12-20(17-23(25)26)31-24(28)27(2)19-8-6-5-7-9-19/h5-11,16-17,23H,12-15H2,1-4H3/t23-,25-/m0/s1. The summed E-state index contributed by atoms with van der Waals surface area (Å²) < 4.78 is 16.8. The van der Waals surface area contributed by atoms with Crippen LogP contribution >= 0.6 is 0 Å². The molecule has 31 heavy (non-hydrogen) atoms. The van der Waals surface area contributed by atoms with Crippen LogP contribution in [0.2, 0.25) is 0 Å². The molecule has 1 aliphatic carbocycles. The van der Waals surface area contributed by atoms with Crippen LogP contribution in [0.5, 0.6) is 11.5 Å². The van der Waals surface area contributed by atoms with Crippen molar-refractivity contribution in [3.63, 3.8) is 0 Å². The molecule has 0 bridgehead atoms. The molecule has 1 saturated heterocycles. The van der Waals surface area contributed by atoms with Crippen LogP contribution < -0.4 is 14.4 Å². The van der Waals surface area contributed by atoms with Crippen LogP contribution in [0.25, 0.3) is 0 Å². The maximum Gasteiger partial charge on any atom is 0.419 e. The number of benzene rings is 2. The summed E-state index contributed by atoms with van der Waals surface area (Å²) in [6.45, 7) is 0.987. The van der Waals surface area contributed by atoms with Gasteiger partial charge in [-0.2, -0.15) is 0 Å². The molecule has 6 heteroatoms. The van der Waals surface area contributed by atoms with E-state index in [1.807, 2.05) is 36.4 Å². The Morgan fingerprint density at radius 2 is 1.81 bits per heavy atom. The number of hydrogen-bond donors (Lipinski definition) is 0. The van der Waals surface area contributed by atoms with Crippen molar-refractivity contribution >= 4 is 11.8 Å². The van der Waals surface area contributed by atoms with Gasteiger partial charge < -0.3 is 14.2 Å². The van der Waals surface area contributed by atoms with Crippen molar-refractivity contribution in [1.82, 2.24) is 4.90 Å². The third-order valence-electron chi connectivity index (χ3n) is 6.71. The minimum Gasteiger partial charge on any atom is -0.493 e. The van der Waals surface area contributed by atoms with Crippen LogP contribution in [-0.2, 0) is 10.2 Å². The smallest absolute Gasteiger partial charge is 0.419 e. The molecule has 0 saturated carbocycles. The summed E-state index contributed by atoms with van der Waals surface area (Å²) in [6.07, 6.45) is 4.44. The van der Waals surface area contributed by atoms with Crippen LogP contribution in [0.1, 0.15) is 24.8 Å². The van der Waals surface area contributed by atoms with Gasteiger partial charge in [-0.05, 0) is 62.3 Å². The summed E-state index contributed by atoms with van der Waals surface area (Å²) in [5.41, 5.74) is 2.01. The molecule has 0 radical (unpaired) electrons. The third-order valence-corrected chi connectivity index (χ3v) is 6.71. The Kier molecular flexibility index (Phi) is 5.92. The van der Waals surface area contributed by atoms with Gasteiger partial charge in [0.25, 0.3) is 0 Å². The fraction of sp³-hybridized carbons (Fsp3) is 0.400. The molecule has 2 aromatic rings. The lowest BCUT2D eigenvalue weighted by molar-refractivity contribution is 0.168. The van der Waals surface area contributed by atoms with Crippen molar-refractivity contribution in [1.29, 1.82) is 0 Å². The zero-order chi connectivity index (χ0) is 22.0. The number of likely N-dealkylation sites (tertiary alicyclic amines) is 1. The first-order valence-corrected chi connectivity index (χ1v) is 10.6. The average Bonchev–Trinajstić information content (AvgIpc) is 3.15. The molecule has 4 rings (SSSR count). The summed E-state index contributed by atoms with van der Waals surface area (Å²) in [5, 5.41) is 0. The van der Waals surface area contributed by atoms with Gasteiger partial charge in [-0.1, -0.05) is 24.3 Å². The molecule has 0 N–H and O–H groups in total. The van der Waals surface area contributed by atoms with Gasteiger partial charge in [0.1, 0.15) is 5.76 Å². The lowest BCUT2D eigenvalue weighted by atomic mass is 9.68. The number of hydrogen-bond acceptors (Lipinski definition) is 5. The Balaban J connectivity index is 1.58. The van der Waals surface area contributed by atoms with Gasteiger partial charge in [0.2, 0.25) is 0 Å². The fourth-order valence-corrected chi connectivity index (χ4v) is 4.88. The van der Waals surface area contributed by atoms with Crippen molar-refractivity contribution in [3.05, 3.63) is 65.9 Å². The second-order valence-electron chi connectivity index (χ2n) is 8.30. The summed E-state index contributed by atoms with van der Waals surface area (Å²) in [6, 6.07) is 15.9. The third kappa shape index (κ3) is 3.88. The van der Waals surface area contributed by atoms with Gasteiger partial charge in [-0.25, -0.2) is 4.79 Å². The highest BCUT2D eigenvalue weighted by atomic mass is 16.6. The number of allylic oxidation sites excluding steroid dienone is 1. The molecular weight excluding hydrogens is 392 g/mol. The van der Waals surface area contributed by atoms with E-state index in [9.17, 15) is 4.79 Å². The van der Waals surface area contributed by atoms with Crippen molar-refractivity contribution < 1.29 is 19.0 Å². The first-order valence-electron chi connectivity index (χ1n) is 10.6. The maximum absolute atomic E-state index is 12.7. The minimum absolute atomic E-state index is 0.0322. The predicted octanol–water partition coefficient (Wildman–Crippen LogP) is 4.60. The van der Waals surface area contributed by atoms with E-state index < -0.39 is 0 Å². The quantitative estimate of drug-likeness (QED) is 0.705. The SMILES string of the molecule is COc1ccc([C@@]23CCC(OC(=O)N(C)c4ccccc4)=C[C@@H]2N(C)CC3)cc1OC. The van der Waals surface area contributed by atoms with Crippen molar-refractivity contribution in [2.24, 2.45) is 0 Å². The summed E-state index contributed by atoms with van der Waals surface area (Å²) in [7, 11) is 7.18. The van der Waals surface area contributed by atoms with Crippen LogP contribution in [-0.4, -0.2) is 51.9 Å². The zero-order valence-electron chi connectivity index (χ0n) is 18.6. The highest BCUT2D eigenvalue weighted by Crippen LogP contribution is 2.49. The first-order chi connectivity index (χ1) is 15.0. The molecule has 2 aliphatic rings. The number of methoxy groups -OCH3 is 2. The van der Waals surface area contributed by atoms with Gasteiger partial charge in [0.05, 0.1) is 14.2 Å². The van der Waals surface area contributed by atoms with E-state index in [1.165, 1.54) is 10.5 Å². The Bertz CT molecular complexity index is 975. The topological polar surface area (TPSA) is 51.2 Å². The van der Waals surface area contributed by atoms with Crippen LogP contribution in [0, 0.1) is 0 Å². The lowest BCUT2D eigenvalue weighted by Gasteiger charge is -2.40. The highest BCUT2D eigenvalue weighted by Gasteiger charge is 2.48. The van der Waals surface area contributed by atoms with E-state index >= 15 is 0 Å². The maximum atomic E-state index is 12.7. The molecule has 1 aliphatic heterocycles. The lowest BCUT2D eigenvalue weighted by Crippen LogP contribution is -2.43. The number of amides is 1. The summed E-state index contributed by atoms with van der Waals surface area (Å²) >= 11 is 0. The highest BCUT2D eigenvalue weighted by molar-refractivity contribution is 5.87. The zero-order valence-corrected chi connectivity index (χ0v) is 18.6. The predicted molar refractivity (Wildman–Crippen MR) is 121 cm³/mol. The van der Waals surface area contributed by atoms with Gasteiger partial charge in [0.15, 0.2) is 11.5 Å². The molecule has 164 valence electrons. The van der Waals surface area contributed by atoms with E-state index in [0.717, 1.165) is 42.3 Å². The number of fused-ring (bicyclic) bond motifs is 1. The molecule has 2 atom stereocenters. The van der Waals surface area contributed by atoms with E-state index in [4.69, 9.17) is 14.2 Å². The molecule has 2 aromatic carbocycles. The van der Waals surface area contributed by atoms with Crippen LogP contribution in [0.15, 0.2) is 60.4 Å². The normalized spacial score (nSPS) is 23.0. The molecule has 0 aromatic heterocycles. The molecular formula is C25H30N2O4. The van der Waals surface area contributed by atoms with Crippen molar-refractivity contribution in [2.45, 2.75) is 30.7 Å². The number of likely N-dealkylation sites (N-methyl/N-ethyl adjacent to an activating group) is 1. The molecule has 0 unspecified atom stereocenters. The minimum atomic E-state index is -0.364. The number of nitrogens with zero attached hydrogens (tertiary/aromatic N) is 2. The second-order valence-corrected chi connectivity index (χ2v) is 8.30. The van der Waals surface area contributed by atoms with Gasteiger partial charge in [-0.3, -0.25) is 9.80 Å². The van der Waals surface area contributed by atoms with Gasteiger partial charge >= 0.3 is 6.09 Å². The van der Waals surface area contributed by atoms with Crippen LogP contribution in [0.4, 0.5) is 10.5 Å². The number of carbonyl (C=O) groups is 1. The Labute approximate surface area is 184 Å². The second kappa shape index (κ2) is 8.63. The molecule has 0 spiro atoms. The summed E-state index contributed by atoms with van der Waals surface area (Å²) in [5.74, 6) is 2.21. The Hall–Kier alpha value is -2.99. The van der Waals surface area contributed by atoms with E-state index in [2.05, 4.69) is 30.2 Å². The Morgan fingerprint density at radius 3 is 2.52 bits per heavy atom. The van der Waals surface area contributed by atoms with E-state index in [-0.39, 0.29) is 17.6 Å². The van der Waals surface area contributed by atoms with Crippen molar-refractivity contribution in [3.8, 4) is 11.5 Å². The van der Waals surface area contributed by atoms with Crippen LogP contribution in [0.3, 0.4) is 0 Å². The number of carbonyl (C=O) groups excluding carboxylic acids is 1. The molecule has 6 nitrogen and oxygen atoms in total. The molecule has 1 amide bonds. The fourth-order valence-electron chi connectivity index (χ4n) is 4.88. The largest absolute Gasteiger partial charge is 0.493 e.